The smallest absolute Gasteiger partial charge is 0.0991 e. The van der Waals surface area contributed by atoms with Crippen molar-refractivity contribution in [3.05, 3.63) is 0 Å². The van der Waals surface area contributed by atoms with Crippen LogP contribution in [0.25, 0.3) is 0 Å². The number of hydrogen-bond acceptors (Lipinski definition) is 2. The molecule has 0 aliphatic carbocycles. The topological polar surface area (TPSA) is 12.5 Å². The Hall–Kier alpha value is 0.650. The van der Waals surface area contributed by atoms with Gasteiger partial charge in [-0.05, 0) is 7.05 Å². The molecule has 0 amide bonds. The molecule has 2 nitrogen and oxygen atoms in total. The fraction of sp³-hybridized carbons (Fsp3) is 1.00. The van der Waals surface area contributed by atoms with E-state index in [1.807, 2.05) is 0 Å². The summed E-state index contributed by atoms with van der Waals surface area (Å²) in [4.78, 5) is 2.23. The van der Waals surface area contributed by atoms with Gasteiger partial charge in [-0.15, -0.1) is 0 Å². The Kier molecular flexibility index (Phi) is 2.52. The molecular formula is C5H10INO. The molecule has 0 spiro atoms. The van der Waals surface area contributed by atoms with Gasteiger partial charge >= 0.3 is 0 Å². The second-order valence-electron chi connectivity index (χ2n) is 2.07. The summed E-state index contributed by atoms with van der Waals surface area (Å²) in [5.74, 6) is 0. The van der Waals surface area contributed by atoms with E-state index in [4.69, 9.17) is 4.74 Å². The van der Waals surface area contributed by atoms with E-state index in [2.05, 4.69) is 34.5 Å². The van der Waals surface area contributed by atoms with E-state index in [1.165, 1.54) is 4.43 Å². The first-order chi connectivity index (χ1) is 3.84. The zero-order chi connectivity index (χ0) is 5.98. The summed E-state index contributed by atoms with van der Waals surface area (Å²) in [6.45, 7) is 1.73. The van der Waals surface area contributed by atoms with Crippen molar-refractivity contribution in [2.75, 3.05) is 24.8 Å². The van der Waals surface area contributed by atoms with Gasteiger partial charge in [-0.2, -0.15) is 0 Å². The lowest BCUT2D eigenvalue weighted by atomic mass is 10.4. The molecule has 1 saturated heterocycles. The van der Waals surface area contributed by atoms with Crippen molar-refractivity contribution >= 4 is 22.6 Å². The van der Waals surface area contributed by atoms with Crippen LogP contribution >= 0.6 is 22.6 Å². The molecule has 0 bridgehead atoms. The summed E-state index contributed by atoms with van der Waals surface area (Å²) in [6.07, 6.45) is 0. The van der Waals surface area contributed by atoms with E-state index < -0.39 is 0 Å². The second-order valence-corrected chi connectivity index (χ2v) is 2.95. The van der Waals surface area contributed by atoms with Gasteiger partial charge in [0.25, 0.3) is 0 Å². The summed E-state index contributed by atoms with van der Waals surface area (Å²) in [5.41, 5.74) is 0. The van der Waals surface area contributed by atoms with Crippen LogP contribution in [0.1, 0.15) is 0 Å². The third-order valence-electron chi connectivity index (χ3n) is 1.41. The molecule has 1 rings (SSSR count). The van der Waals surface area contributed by atoms with Crippen LogP contribution in [-0.2, 0) is 4.74 Å². The molecule has 0 saturated carbocycles. The summed E-state index contributed by atoms with van der Waals surface area (Å²) in [6, 6.07) is 0.663. The lowest BCUT2D eigenvalue weighted by Crippen LogP contribution is -2.27. The maximum atomic E-state index is 5.18. The summed E-state index contributed by atoms with van der Waals surface area (Å²) in [5, 5.41) is 0. The van der Waals surface area contributed by atoms with Crippen molar-refractivity contribution in [3.8, 4) is 0 Å². The van der Waals surface area contributed by atoms with Gasteiger partial charge in [-0.25, -0.2) is 0 Å². The number of ether oxygens (including phenoxy) is 1. The Bertz CT molecular complexity index is 78.8. The molecule has 3 heteroatoms. The Morgan fingerprint density at radius 2 is 2.62 bits per heavy atom. The highest BCUT2D eigenvalue weighted by atomic mass is 127. The normalized spacial score (nSPS) is 31.5. The van der Waals surface area contributed by atoms with Crippen molar-refractivity contribution < 1.29 is 4.74 Å². The maximum absolute atomic E-state index is 5.18. The Labute approximate surface area is 63.3 Å². The highest BCUT2D eigenvalue weighted by Crippen LogP contribution is 2.07. The predicted molar refractivity (Wildman–Crippen MR) is 41.3 cm³/mol. The number of nitrogens with zero attached hydrogens (tertiary/aromatic N) is 1. The molecule has 0 N–H and O–H groups in total. The van der Waals surface area contributed by atoms with Crippen LogP contribution in [0.5, 0.6) is 0 Å². The highest BCUT2D eigenvalue weighted by Gasteiger charge is 2.19. The van der Waals surface area contributed by atoms with Crippen molar-refractivity contribution in [3.63, 3.8) is 0 Å². The molecule has 8 heavy (non-hydrogen) atoms. The summed E-state index contributed by atoms with van der Waals surface area (Å²) in [7, 11) is 2.09. The van der Waals surface area contributed by atoms with Gasteiger partial charge < -0.3 is 4.74 Å². The number of rotatable bonds is 1. The van der Waals surface area contributed by atoms with Crippen molar-refractivity contribution in [1.82, 2.24) is 4.90 Å². The minimum absolute atomic E-state index is 0.663. The molecule has 1 heterocycles. The third kappa shape index (κ3) is 1.33. The molecule has 1 aliphatic rings. The lowest BCUT2D eigenvalue weighted by Gasteiger charge is -2.12. The number of likely N-dealkylation sites (N-methyl/N-ethyl adjacent to an activating group) is 1. The first-order valence-corrected chi connectivity index (χ1v) is 4.21. The maximum Gasteiger partial charge on any atom is 0.0991 e. The SMILES string of the molecule is CN1COCC1CI. The van der Waals surface area contributed by atoms with Gasteiger partial charge in [-0.1, -0.05) is 22.6 Å². The van der Waals surface area contributed by atoms with Crippen LogP contribution in [0.2, 0.25) is 0 Å². The number of halogens is 1. The minimum Gasteiger partial charge on any atom is -0.364 e. The van der Waals surface area contributed by atoms with Crippen LogP contribution in [0, 0.1) is 0 Å². The van der Waals surface area contributed by atoms with E-state index in [9.17, 15) is 0 Å². The third-order valence-corrected chi connectivity index (χ3v) is 2.42. The van der Waals surface area contributed by atoms with E-state index in [-0.39, 0.29) is 0 Å². The average molecular weight is 227 g/mol. The van der Waals surface area contributed by atoms with Crippen molar-refractivity contribution in [2.24, 2.45) is 0 Å². The van der Waals surface area contributed by atoms with E-state index in [0.29, 0.717) is 6.04 Å². The Morgan fingerprint density at radius 1 is 1.88 bits per heavy atom. The van der Waals surface area contributed by atoms with E-state index in [1.54, 1.807) is 0 Å². The molecule has 1 fully saturated rings. The monoisotopic (exact) mass is 227 g/mol. The molecule has 1 aliphatic heterocycles. The average Bonchev–Trinajstić information content (AvgIpc) is 2.14. The van der Waals surface area contributed by atoms with Gasteiger partial charge in [-0.3, -0.25) is 4.90 Å². The van der Waals surface area contributed by atoms with Gasteiger partial charge in [0.2, 0.25) is 0 Å². The molecule has 48 valence electrons. The van der Waals surface area contributed by atoms with Gasteiger partial charge in [0, 0.05) is 10.5 Å². The van der Waals surface area contributed by atoms with Crippen LogP contribution in [0.3, 0.4) is 0 Å². The largest absolute Gasteiger partial charge is 0.364 e. The minimum atomic E-state index is 0.663. The van der Waals surface area contributed by atoms with E-state index >= 15 is 0 Å². The molecule has 0 radical (unpaired) electrons. The zero-order valence-electron chi connectivity index (χ0n) is 4.93. The fourth-order valence-electron chi connectivity index (χ4n) is 0.728. The molecular weight excluding hydrogens is 217 g/mol. The quantitative estimate of drug-likeness (QED) is 0.483. The molecule has 0 aromatic carbocycles. The Balaban J connectivity index is 2.30. The first-order valence-electron chi connectivity index (χ1n) is 2.68. The molecule has 0 aromatic rings. The lowest BCUT2D eigenvalue weighted by molar-refractivity contribution is 0.153. The van der Waals surface area contributed by atoms with Crippen LogP contribution in [-0.4, -0.2) is 35.8 Å². The van der Waals surface area contributed by atoms with Crippen molar-refractivity contribution in [2.45, 2.75) is 6.04 Å². The second kappa shape index (κ2) is 2.98. The van der Waals surface area contributed by atoms with Crippen LogP contribution < -0.4 is 0 Å². The van der Waals surface area contributed by atoms with Gasteiger partial charge in [0.05, 0.1) is 13.3 Å². The van der Waals surface area contributed by atoms with E-state index in [0.717, 1.165) is 13.3 Å². The number of alkyl halides is 1. The summed E-state index contributed by atoms with van der Waals surface area (Å²) >= 11 is 2.38. The highest BCUT2D eigenvalue weighted by molar-refractivity contribution is 14.1. The van der Waals surface area contributed by atoms with Crippen LogP contribution in [0.15, 0.2) is 0 Å². The molecule has 0 aromatic heterocycles. The first kappa shape index (κ1) is 6.77. The fourth-order valence-corrected chi connectivity index (χ4v) is 1.65. The number of hydrogen-bond donors (Lipinski definition) is 0. The van der Waals surface area contributed by atoms with Gasteiger partial charge in [0.15, 0.2) is 0 Å². The standard InChI is InChI=1S/C5H10INO/c1-7-4-8-3-5(7)2-6/h5H,2-4H2,1H3. The Morgan fingerprint density at radius 3 is 2.88 bits per heavy atom. The zero-order valence-corrected chi connectivity index (χ0v) is 7.09. The van der Waals surface area contributed by atoms with Gasteiger partial charge in [0.1, 0.15) is 0 Å². The predicted octanol–water partition coefficient (Wildman–Crippen LogP) is 0.709. The van der Waals surface area contributed by atoms with Crippen LogP contribution in [0.4, 0.5) is 0 Å². The molecule has 1 unspecified atom stereocenters. The van der Waals surface area contributed by atoms with Crippen molar-refractivity contribution in [1.29, 1.82) is 0 Å². The molecule has 1 atom stereocenters. The summed E-state index contributed by atoms with van der Waals surface area (Å²) < 4.78 is 6.36.